The van der Waals surface area contributed by atoms with Crippen molar-refractivity contribution >= 4 is 17.6 Å². The van der Waals surface area contributed by atoms with Crippen LogP contribution in [0.15, 0.2) is 77.3 Å². The fourth-order valence-electron chi connectivity index (χ4n) is 3.65. The molecule has 9 nitrogen and oxygen atoms in total. The number of rotatable bonds is 9. The maximum Gasteiger partial charge on any atom is 0.321 e. The van der Waals surface area contributed by atoms with Gasteiger partial charge in [-0.2, -0.15) is 4.98 Å². The Labute approximate surface area is 215 Å². The highest BCUT2D eigenvalue weighted by Crippen LogP contribution is 2.23. The Balaban J connectivity index is 1.29. The number of para-hydroxylation sites is 2. The molecule has 0 aliphatic heterocycles. The molecule has 1 aromatic heterocycles. The molecule has 1 heterocycles. The van der Waals surface area contributed by atoms with Gasteiger partial charge < -0.3 is 24.8 Å². The van der Waals surface area contributed by atoms with E-state index < -0.39 is 0 Å². The van der Waals surface area contributed by atoms with Crippen LogP contribution in [-0.4, -0.2) is 47.7 Å². The van der Waals surface area contributed by atoms with E-state index in [1.807, 2.05) is 43.3 Å². The van der Waals surface area contributed by atoms with Crippen molar-refractivity contribution in [2.45, 2.75) is 19.9 Å². The van der Waals surface area contributed by atoms with E-state index in [0.717, 1.165) is 11.1 Å². The predicted octanol–water partition coefficient (Wildman–Crippen LogP) is 4.69. The van der Waals surface area contributed by atoms with Crippen LogP contribution in [0, 0.1) is 6.92 Å². The summed E-state index contributed by atoms with van der Waals surface area (Å²) >= 11 is 0. The molecule has 2 N–H and O–H groups in total. The minimum atomic E-state index is -0.274. The number of methoxy groups -OCH3 is 1. The van der Waals surface area contributed by atoms with E-state index in [2.05, 4.69) is 20.8 Å². The summed E-state index contributed by atoms with van der Waals surface area (Å²) < 4.78 is 10.7. The van der Waals surface area contributed by atoms with E-state index in [9.17, 15) is 9.59 Å². The molecule has 4 rings (SSSR count). The van der Waals surface area contributed by atoms with Gasteiger partial charge in [-0.1, -0.05) is 41.6 Å². The lowest BCUT2D eigenvalue weighted by atomic mass is 10.1. The summed E-state index contributed by atoms with van der Waals surface area (Å²) in [5.74, 6) is 1.26. The highest BCUT2D eigenvalue weighted by atomic mass is 16.5. The molecular formula is C28H29N5O4. The van der Waals surface area contributed by atoms with E-state index in [1.165, 1.54) is 4.90 Å². The number of nitrogens with zero attached hydrogens (tertiary/aromatic N) is 3. The van der Waals surface area contributed by atoms with Crippen LogP contribution in [0.1, 0.15) is 27.3 Å². The Morgan fingerprint density at radius 3 is 2.49 bits per heavy atom. The van der Waals surface area contributed by atoms with Gasteiger partial charge in [0.2, 0.25) is 0 Å². The van der Waals surface area contributed by atoms with E-state index in [-0.39, 0.29) is 11.9 Å². The van der Waals surface area contributed by atoms with E-state index in [4.69, 9.17) is 9.26 Å². The van der Waals surface area contributed by atoms with E-state index >= 15 is 0 Å². The fraction of sp³-hybridized carbons (Fsp3) is 0.214. The normalized spacial score (nSPS) is 10.6. The molecule has 0 bridgehead atoms. The molecule has 0 spiro atoms. The minimum absolute atomic E-state index is 0.157. The van der Waals surface area contributed by atoms with Gasteiger partial charge in [0.15, 0.2) is 5.82 Å². The first kappa shape index (κ1) is 25.4. The van der Waals surface area contributed by atoms with Gasteiger partial charge in [0, 0.05) is 37.7 Å². The summed E-state index contributed by atoms with van der Waals surface area (Å²) in [7, 11) is 3.24. The van der Waals surface area contributed by atoms with E-state index in [0.29, 0.717) is 53.8 Å². The molecule has 0 radical (unpaired) electrons. The first-order valence-electron chi connectivity index (χ1n) is 11.9. The van der Waals surface area contributed by atoms with Crippen molar-refractivity contribution in [2.75, 3.05) is 26.0 Å². The summed E-state index contributed by atoms with van der Waals surface area (Å²) in [6, 6.07) is 21.9. The third kappa shape index (κ3) is 6.52. The number of aryl methyl sites for hydroxylation is 1. The van der Waals surface area contributed by atoms with Crippen molar-refractivity contribution in [1.29, 1.82) is 0 Å². The Kier molecular flexibility index (Phi) is 8.15. The molecule has 0 saturated carbocycles. The fourth-order valence-corrected chi connectivity index (χ4v) is 3.65. The topological polar surface area (TPSA) is 110 Å². The number of aromatic nitrogens is 2. The second-order valence-electron chi connectivity index (χ2n) is 8.50. The van der Waals surface area contributed by atoms with Gasteiger partial charge >= 0.3 is 6.03 Å². The Morgan fingerprint density at radius 1 is 1.00 bits per heavy atom. The number of urea groups is 1. The minimum Gasteiger partial charge on any atom is -0.495 e. The van der Waals surface area contributed by atoms with Gasteiger partial charge in [0.05, 0.1) is 12.8 Å². The highest BCUT2D eigenvalue weighted by molar-refractivity contribution is 5.94. The number of ether oxygens (including phenoxy) is 1. The van der Waals surface area contributed by atoms with Gasteiger partial charge in [-0.05, 0) is 54.4 Å². The molecule has 190 valence electrons. The quantitative estimate of drug-likeness (QED) is 0.346. The molecule has 0 saturated heterocycles. The highest BCUT2D eigenvalue weighted by Gasteiger charge is 2.15. The van der Waals surface area contributed by atoms with Gasteiger partial charge in [0.1, 0.15) is 5.75 Å². The van der Waals surface area contributed by atoms with Crippen molar-refractivity contribution in [2.24, 2.45) is 0 Å². The Morgan fingerprint density at radius 2 is 1.73 bits per heavy atom. The lowest BCUT2D eigenvalue weighted by molar-refractivity contribution is 0.0951. The number of amides is 3. The molecule has 0 atom stereocenters. The largest absolute Gasteiger partial charge is 0.495 e. The molecule has 0 fully saturated rings. The molecule has 0 unspecified atom stereocenters. The monoisotopic (exact) mass is 499 g/mol. The van der Waals surface area contributed by atoms with Crippen LogP contribution in [0.3, 0.4) is 0 Å². The van der Waals surface area contributed by atoms with Gasteiger partial charge in [0.25, 0.3) is 11.8 Å². The number of nitrogens with one attached hydrogen (secondary N) is 2. The second-order valence-corrected chi connectivity index (χ2v) is 8.50. The number of hydrogen-bond acceptors (Lipinski definition) is 6. The molecule has 0 aliphatic rings. The molecule has 0 aliphatic carbocycles. The third-order valence-electron chi connectivity index (χ3n) is 5.93. The summed E-state index contributed by atoms with van der Waals surface area (Å²) in [6.45, 7) is 2.87. The number of carbonyl (C=O) groups excluding carboxylic acids is 2. The smallest absolute Gasteiger partial charge is 0.321 e. The first-order chi connectivity index (χ1) is 17.9. The molecule has 9 heteroatoms. The van der Waals surface area contributed by atoms with Gasteiger partial charge in [-0.15, -0.1) is 0 Å². The number of hydrogen-bond donors (Lipinski definition) is 2. The van der Waals surface area contributed by atoms with Crippen LogP contribution in [-0.2, 0) is 13.0 Å². The molecule has 4 aromatic rings. The zero-order valence-corrected chi connectivity index (χ0v) is 21.0. The molecular weight excluding hydrogens is 470 g/mol. The van der Waals surface area contributed by atoms with Gasteiger partial charge in [-0.3, -0.25) is 4.79 Å². The number of likely N-dealkylation sites (N-methyl/N-ethyl adjacent to an activating group) is 1. The third-order valence-corrected chi connectivity index (χ3v) is 5.93. The predicted molar refractivity (Wildman–Crippen MR) is 140 cm³/mol. The van der Waals surface area contributed by atoms with Crippen LogP contribution >= 0.6 is 0 Å². The maximum absolute atomic E-state index is 12.5. The zero-order valence-electron chi connectivity index (χ0n) is 21.0. The average molecular weight is 500 g/mol. The van der Waals surface area contributed by atoms with Crippen molar-refractivity contribution in [3.05, 3.63) is 95.3 Å². The molecule has 37 heavy (non-hydrogen) atoms. The Bertz CT molecular complexity index is 1370. The molecule has 3 amide bonds. The summed E-state index contributed by atoms with van der Waals surface area (Å²) in [5, 5.41) is 9.79. The molecule has 3 aromatic carbocycles. The standard InChI is InChI=1S/C28H29N5O4/c1-19-8-4-5-9-22(19)18-29-26(34)20-12-14-21(15-13-20)27-31-25(32-37-27)16-17-33(2)28(35)30-23-10-6-7-11-24(23)36-3/h4-15H,16-18H2,1-3H3,(H,29,34)(H,30,35). The van der Waals surface area contributed by atoms with E-state index in [1.54, 1.807) is 50.6 Å². The van der Waals surface area contributed by atoms with Gasteiger partial charge in [-0.25, -0.2) is 4.79 Å². The van der Waals surface area contributed by atoms with Crippen molar-refractivity contribution < 1.29 is 18.8 Å². The van der Waals surface area contributed by atoms with Crippen LogP contribution in [0.25, 0.3) is 11.5 Å². The lowest BCUT2D eigenvalue weighted by Gasteiger charge is -2.18. The van der Waals surface area contributed by atoms with Crippen molar-refractivity contribution in [3.63, 3.8) is 0 Å². The summed E-state index contributed by atoms with van der Waals surface area (Å²) in [6.07, 6.45) is 0.415. The van der Waals surface area contributed by atoms with Crippen molar-refractivity contribution in [3.8, 4) is 17.2 Å². The number of carbonyl (C=O) groups is 2. The SMILES string of the molecule is COc1ccccc1NC(=O)N(C)CCc1noc(-c2ccc(C(=O)NCc3ccccc3C)cc2)n1. The second kappa shape index (κ2) is 11.9. The summed E-state index contributed by atoms with van der Waals surface area (Å²) in [5.41, 5.74) is 4.05. The van der Waals surface area contributed by atoms with Crippen molar-refractivity contribution in [1.82, 2.24) is 20.4 Å². The van der Waals surface area contributed by atoms with Crippen LogP contribution in [0.4, 0.5) is 10.5 Å². The number of benzene rings is 3. The maximum atomic E-state index is 12.5. The first-order valence-corrected chi connectivity index (χ1v) is 11.9. The zero-order chi connectivity index (χ0) is 26.2. The Hall–Kier alpha value is -4.66. The van der Waals surface area contributed by atoms with Crippen LogP contribution in [0.5, 0.6) is 5.75 Å². The van der Waals surface area contributed by atoms with Crippen LogP contribution in [0.2, 0.25) is 0 Å². The lowest BCUT2D eigenvalue weighted by Crippen LogP contribution is -2.33. The number of anilines is 1. The summed E-state index contributed by atoms with van der Waals surface area (Å²) in [4.78, 5) is 31.0. The average Bonchev–Trinajstić information content (AvgIpc) is 3.40. The van der Waals surface area contributed by atoms with Crippen LogP contribution < -0.4 is 15.4 Å².